The first-order chi connectivity index (χ1) is 10.7. The first-order valence-electron chi connectivity index (χ1n) is 8.05. The van der Waals surface area contributed by atoms with Crippen molar-refractivity contribution in [2.24, 2.45) is 0 Å². The third-order valence-electron chi connectivity index (χ3n) is 3.84. The molecule has 1 aliphatic heterocycles. The molecule has 2 rings (SSSR count). The zero-order valence-corrected chi connectivity index (χ0v) is 14.7. The number of hydrogen-bond acceptors (Lipinski definition) is 5. The SMILES string of the molecule is Cc1cc(N2CCN(C(=O)OC(C)(C)C)CC2)ncc1[C@@H](C)O. The number of carbonyl (C=O) groups is 1. The van der Waals surface area contributed by atoms with Gasteiger partial charge in [-0.1, -0.05) is 0 Å². The molecule has 23 heavy (non-hydrogen) atoms. The van der Waals surface area contributed by atoms with Crippen LogP contribution in [0.5, 0.6) is 0 Å². The molecule has 1 N–H and O–H groups in total. The van der Waals surface area contributed by atoms with E-state index in [4.69, 9.17) is 4.74 Å². The van der Waals surface area contributed by atoms with Gasteiger partial charge >= 0.3 is 6.09 Å². The smallest absolute Gasteiger partial charge is 0.410 e. The average Bonchev–Trinajstić information content (AvgIpc) is 2.45. The lowest BCUT2D eigenvalue weighted by molar-refractivity contribution is 0.0240. The van der Waals surface area contributed by atoms with Crippen LogP contribution in [0, 0.1) is 6.92 Å². The number of nitrogens with zero attached hydrogens (tertiary/aromatic N) is 3. The Bertz CT molecular complexity index is 559. The summed E-state index contributed by atoms with van der Waals surface area (Å²) in [5.74, 6) is 0.885. The summed E-state index contributed by atoms with van der Waals surface area (Å²) in [5.41, 5.74) is 1.41. The Morgan fingerprint density at radius 1 is 1.30 bits per heavy atom. The molecule has 1 aromatic rings. The van der Waals surface area contributed by atoms with Crippen LogP contribution in [0.25, 0.3) is 0 Å². The lowest BCUT2D eigenvalue weighted by atomic mass is 10.1. The number of pyridine rings is 1. The van der Waals surface area contributed by atoms with Gasteiger partial charge in [-0.3, -0.25) is 0 Å². The fourth-order valence-electron chi connectivity index (χ4n) is 2.61. The molecule has 0 spiro atoms. The standard InChI is InChI=1S/C17H27N3O3/c1-12-10-15(18-11-14(12)13(2)21)19-6-8-20(9-7-19)16(22)23-17(3,4)5/h10-11,13,21H,6-9H2,1-5H3/t13-/m1/s1. The number of aliphatic hydroxyl groups is 1. The van der Waals surface area contributed by atoms with Crippen molar-refractivity contribution in [3.63, 3.8) is 0 Å². The number of ether oxygens (including phenoxy) is 1. The van der Waals surface area contributed by atoms with Gasteiger partial charge < -0.3 is 19.6 Å². The van der Waals surface area contributed by atoms with Crippen molar-refractivity contribution in [1.29, 1.82) is 0 Å². The fraction of sp³-hybridized carbons (Fsp3) is 0.647. The van der Waals surface area contributed by atoms with Crippen LogP contribution in [0.3, 0.4) is 0 Å². The monoisotopic (exact) mass is 321 g/mol. The van der Waals surface area contributed by atoms with E-state index in [0.29, 0.717) is 13.1 Å². The van der Waals surface area contributed by atoms with E-state index in [1.807, 2.05) is 33.8 Å². The van der Waals surface area contributed by atoms with Crippen molar-refractivity contribution in [1.82, 2.24) is 9.88 Å². The third kappa shape index (κ3) is 4.58. The van der Waals surface area contributed by atoms with Crippen molar-refractivity contribution in [3.05, 3.63) is 23.4 Å². The van der Waals surface area contributed by atoms with Crippen LogP contribution in [-0.4, -0.2) is 52.9 Å². The number of aromatic nitrogens is 1. The third-order valence-corrected chi connectivity index (χ3v) is 3.84. The predicted molar refractivity (Wildman–Crippen MR) is 89.6 cm³/mol. The lowest BCUT2D eigenvalue weighted by Crippen LogP contribution is -2.50. The first-order valence-corrected chi connectivity index (χ1v) is 8.05. The van der Waals surface area contributed by atoms with Crippen LogP contribution in [0.1, 0.15) is 44.9 Å². The number of rotatable bonds is 2. The fourth-order valence-corrected chi connectivity index (χ4v) is 2.61. The lowest BCUT2D eigenvalue weighted by Gasteiger charge is -2.36. The molecule has 128 valence electrons. The highest BCUT2D eigenvalue weighted by atomic mass is 16.6. The van der Waals surface area contributed by atoms with Gasteiger partial charge in [0, 0.05) is 37.9 Å². The van der Waals surface area contributed by atoms with Gasteiger partial charge in [0.25, 0.3) is 0 Å². The van der Waals surface area contributed by atoms with Gasteiger partial charge in [0.15, 0.2) is 0 Å². The van der Waals surface area contributed by atoms with E-state index in [0.717, 1.165) is 30.0 Å². The molecule has 1 amide bonds. The van der Waals surface area contributed by atoms with E-state index in [1.54, 1.807) is 18.0 Å². The number of piperazine rings is 1. The summed E-state index contributed by atoms with van der Waals surface area (Å²) in [7, 11) is 0. The minimum Gasteiger partial charge on any atom is -0.444 e. The van der Waals surface area contributed by atoms with Crippen LogP contribution >= 0.6 is 0 Å². The molecule has 0 unspecified atom stereocenters. The molecule has 6 nitrogen and oxygen atoms in total. The molecule has 2 heterocycles. The quantitative estimate of drug-likeness (QED) is 0.906. The molecule has 6 heteroatoms. The summed E-state index contributed by atoms with van der Waals surface area (Å²) in [6.07, 6.45) is 0.960. The number of aryl methyl sites for hydroxylation is 1. The molecule has 0 bridgehead atoms. The number of anilines is 1. The maximum absolute atomic E-state index is 12.1. The minimum absolute atomic E-state index is 0.259. The van der Waals surface area contributed by atoms with Crippen molar-refractivity contribution < 1.29 is 14.6 Å². The molecule has 1 atom stereocenters. The Morgan fingerprint density at radius 2 is 1.91 bits per heavy atom. The first kappa shape index (κ1) is 17.5. The zero-order valence-electron chi connectivity index (χ0n) is 14.7. The van der Waals surface area contributed by atoms with Crippen molar-refractivity contribution in [2.75, 3.05) is 31.1 Å². The van der Waals surface area contributed by atoms with Gasteiger partial charge in [0.05, 0.1) is 6.10 Å². The van der Waals surface area contributed by atoms with Crippen molar-refractivity contribution in [3.8, 4) is 0 Å². The normalized spacial score (nSPS) is 17.1. The van der Waals surface area contributed by atoms with Crippen molar-refractivity contribution >= 4 is 11.9 Å². The Hall–Kier alpha value is -1.82. The van der Waals surface area contributed by atoms with E-state index in [2.05, 4.69) is 9.88 Å². The molecule has 0 aliphatic carbocycles. The molecule has 1 aliphatic rings. The molecule has 1 aromatic heterocycles. The molecular weight excluding hydrogens is 294 g/mol. The molecule has 0 saturated carbocycles. The summed E-state index contributed by atoms with van der Waals surface area (Å²) in [6, 6.07) is 1.99. The predicted octanol–water partition coefficient (Wildman–Crippen LogP) is 2.50. The van der Waals surface area contributed by atoms with Crippen molar-refractivity contribution in [2.45, 2.75) is 46.3 Å². The highest BCUT2D eigenvalue weighted by molar-refractivity contribution is 5.68. The molecule has 0 aromatic carbocycles. The van der Waals surface area contributed by atoms with E-state index in [9.17, 15) is 9.90 Å². The van der Waals surface area contributed by atoms with E-state index >= 15 is 0 Å². The molecule has 1 fully saturated rings. The van der Waals surface area contributed by atoms with Crippen LogP contribution in [-0.2, 0) is 4.74 Å². The van der Waals surface area contributed by atoms with Gasteiger partial charge in [0.1, 0.15) is 11.4 Å². The second-order valence-electron chi connectivity index (χ2n) is 7.03. The van der Waals surface area contributed by atoms with E-state index in [-0.39, 0.29) is 6.09 Å². The Labute approximate surface area is 138 Å². The molecular formula is C17H27N3O3. The largest absolute Gasteiger partial charge is 0.444 e. The van der Waals surface area contributed by atoms with E-state index in [1.165, 1.54) is 0 Å². The molecule has 1 saturated heterocycles. The Morgan fingerprint density at radius 3 is 2.39 bits per heavy atom. The van der Waals surface area contributed by atoms with Gasteiger partial charge in [0.2, 0.25) is 0 Å². The zero-order chi connectivity index (χ0) is 17.2. The number of carbonyl (C=O) groups excluding carboxylic acids is 1. The van der Waals surface area contributed by atoms with Crippen LogP contribution in [0.4, 0.5) is 10.6 Å². The summed E-state index contributed by atoms with van der Waals surface area (Å²) in [6.45, 7) is 12.0. The van der Waals surface area contributed by atoms with Gasteiger partial charge in [-0.15, -0.1) is 0 Å². The minimum atomic E-state index is -0.513. The summed E-state index contributed by atoms with van der Waals surface area (Å²) < 4.78 is 5.40. The molecule has 0 radical (unpaired) electrons. The van der Waals surface area contributed by atoms with Crippen LogP contribution < -0.4 is 4.90 Å². The highest BCUT2D eigenvalue weighted by Crippen LogP contribution is 2.22. The highest BCUT2D eigenvalue weighted by Gasteiger charge is 2.26. The number of hydrogen-bond donors (Lipinski definition) is 1. The summed E-state index contributed by atoms with van der Waals surface area (Å²) in [5, 5.41) is 9.68. The van der Waals surface area contributed by atoms with Gasteiger partial charge in [-0.05, 0) is 46.2 Å². The Kier molecular flexibility index (Phi) is 5.14. The Balaban J connectivity index is 1.97. The second kappa shape index (κ2) is 6.74. The van der Waals surface area contributed by atoms with Gasteiger partial charge in [-0.2, -0.15) is 0 Å². The number of amides is 1. The van der Waals surface area contributed by atoms with Gasteiger partial charge in [-0.25, -0.2) is 9.78 Å². The maximum Gasteiger partial charge on any atom is 0.410 e. The van der Waals surface area contributed by atoms with E-state index < -0.39 is 11.7 Å². The van der Waals surface area contributed by atoms with Crippen LogP contribution in [0.2, 0.25) is 0 Å². The maximum atomic E-state index is 12.1. The topological polar surface area (TPSA) is 65.9 Å². The average molecular weight is 321 g/mol. The van der Waals surface area contributed by atoms with Crippen LogP contribution in [0.15, 0.2) is 12.3 Å². The summed E-state index contributed by atoms with van der Waals surface area (Å²) >= 11 is 0. The summed E-state index contributed by atoms with van der Waals surface area (Å²) in [4.78, 5) is 20.4. The second-order valence-corrected chi connectivity index (χ2v) is 7.03. The number of aliphatic hydroxyl groups excluding tert-OH is 1.